The number of anilines is 1. The molecule has 3 aromatic rings. The minimum atomic E-state index is -0.242. The van der Waals surface area contributed by atoms with Gasteiger partial charge in [-0.15, -0.1) is 22.7 Å². The SMILES string of the molecule is O=C(Nc1nc(-c2cccnc2)cs1)c1cscn1. The Morgan fingerprint density at radius 3 is 3.00 bits per heavy atom. The highest BCUT2D eigenvalue weighted by Crippen LogP contribution is 2.24. The first-order chi connectivity index (χ1) is 9.33. The molecule has 0 radical (unpaired) electrons. The molecule has 0 bridgehead atoms. The summed E-state index contributed by atoms with van der Waals surface area (Å²) in [6.07, 6.45) is 3.45. The van der Waals surface area contributed by atoms with Crippen molar-refractivity contribution in [3.8, 4) is 11.3 Å². The van der Waals surface area contributed by atoms with Gasteiger partial charge in [0.2, 0.25) is 0 Å². The maximum Gasteiger partial charge on any atom is 0.276 e. The molecule has 1 amide bonds. The van der Waals surface area contributed by atoms with Crippen LogP contribution in [0.15, 0.2) is 40.8 Å². The first kappa shape index (κ1) is 11.9. The van der Waals surface area contributed by atoms with Gasteiger partial charge in [0.25, 0.3) is 5.91 Å². The largest absolute Gasteiger partial charge is 0.296 e. The lowest BCUT2D eigenvalue weighted by atomic mass is 10.2. The van der Waals surface area contributed by atoms with Crippen molar-refractivity contribution in [3.63, 3.8) is 0 Å². The monoisotopic (exact) mass is 288 g/mol. The van der Waals surface area contributed by atoms with Crippen LogP contribution in [0.4, 0.5) is 5.13 Å². The fourth-order valence-corrected chi connectivity index (χ4v) is 2.71. The van der Waals surface area contributed by atoms with Crippen LogP contribution in [0.25, 0.3) is 11.3 Å². The summed E-state index contributed by atoms with van der Waals surface area (Å²) < 4.78 is 0. The summed E-state index contributed by atoms with van der Waals surface area (Å²) in [5.41, 5.74) is 3.75. The van der Waals surface area contributed by atoms with Crippen molar-refractivity contribution in [1.29, 1.82) is 0 Å². The summed E-state index contributed by atoms with van der Waals surface area (Å²) >= 11 is 2.76. The molecule has 7 heteroatoms. The molecule has 3 rings (SSSR count). The average Bonchev–Trinajstić information content (AvgIpc) is 3.11. The van der Waals surface area contributed by atoms with E-state index in [2.05, 4.69) is 20.3 Å². The maximum absolute atomic E-state index is 11.8. The van der Waals surface area contributed by atoms with Gasteiger partial charge in [-0.05, 0) is 12.1 Å². The van der Waals surface area contributed by atoms with E-state index in [4.69, 9.17) is 0 Å². The van der Waals surface area contributed by atoms with E-state index in [-0.39, 0.29) is 5.91 Å². The van der Waals surface area contributed by atoms with Gasteiger partial charge in [-0.25, -0.2) is 9.97 Å². The van der Waals surface area contributed by atoms with Crippen molar-refractivity contribution in [1.82, 2.24) is 15.0 Å². The highest BCUT2D eigenvalue weighted by molar-refractivity contribution is 7.14. The van der Waals surface area contributed by atoms with Crippen LogP contribution in [0.5, 0.6) is 0 Å². The molecule has 94 valence electrons. The average molecular weight is 288 g/mol. The van der Waals surface area contributed by atoms with E-state index in [1.807, 2.05) is 17.5 Å². The van der Waals surface area contributed by atoms with Gasteiger partial charge in [0, 0.05) is 28.7 Å². The predicted octanol–water partition coefficient (Wildman–Crippen LogP) is 2.91. The fourth-order valence-electron chi connectivity index (χ4n) is 1.46. The van der Waals surface area contributed by atoms with Gasteiger partial charge in [-0.1, -0.05) is 0 Å². The second-order valence-corrected chi connectivity index (χ2v) is 5.18. The van der Waals surface area contributed by atoms with Crippen LogP contribution in [0, 0.1) is 0 Å². The summed E-state index contributed by atoms with van der Waals surface area (Å²) in [4.78, 5) is 24.2. The van der Waals surface area contributed by atoms with Crippen LogP contribution >= 0.6 is 22.7 Å². The molecule has 0 aliphatic carbocycles. The second-order valence-electron chi connectivity index (χ2n) is 3.61. The molecule has 3 heterocycles. The van der Waals surface area contributed by atoms with E-state index < -0.39 is 0 Å². The molecule has 0 unspecified atom stereocenters. The van der Waals surface area contributed by atoms with Gasteiger partial charge >= 0.3 is 0 Å². The number of pyridine rings is 1. The minimum Gasteiger partial charge on any atom is -0.296 e. The number of nitrogens with zero attached hydrogens (tertiary/aromatic N) is 3. The Balaban J connectivity index is 1.77. The quantitative estimate of drug-likeness (QED) is 0.804. The number of amides is 1. The number of hydrogen-bond donors (Lipinski definition) is 1. The number of thiazole rings is 2. The molecular weight excluding hydrogens is 280 g/mol. The molecule has 19 heavy (non-hydrogen) atoms. The summed E-state index contributed by atoms with van der Waals surface area (Å²) in [5.74, 6) is -0.242. The summed E-state index contributed by atoms with van der Waals surface area (Å²) in [6, 6.07) is 3.77. The van der Waals surface area contributed by atoms with Crippen molar-refractivity contribution in [2.24, 2.45) is 0 Å². The summed E-state index contributed by atoms with van der Waals surface area (Å²) in [5, 5.41) is 6.86. The first-order valence-corrected chi connectivity index (χ1v) is 7.20. The Morgan fingerprint density at radius 2 is 2.26 bits per heavy atom. The topological polar surface area (TPSA) is 67.8 Å². The van der Waals surface area contributed by atoms with Crippen LogP contribution in [-0.2, 0) is 0 Å². The highest BCUT2D eigenvalue weighted by atomic mass is 32.1. The Kier molecular flexibility index (Phi) is 3.30. The van der Waals surface area contributed by atoms with Crippen LogP contribution in [0.3, 0.4) is 0 Å². The molecule has 0 spiro atoms. The summed E-state index contributed by atoms with van der Waals surface area (Å²) in [7, 11) is 0. The second kappa shape index (κ2) is 5.25. The third-order valence-corrected chi connectivity index (χ3v) is 3.69. The zero-order chi connectivity index (χ0) is 13.1. The van der Waals surface area contributed by atoms with Crippen molar-refractivity contribution in [2.45, 2.75) is 0 Å². The zero-order valence-electron chi connectivity index (χ0n) is 9.61. The number of aromatic nitrogens is 3. The Morgan fingerprint density at radius 1 is 1.32 bits per heavy atom. The van der Waals surface area contributed by atoms with Crippen LogP contribution < -0.4 is 5.32 Å². The van der Waals surface area contributed by atoms with E-state index in [1.54, 1.807) is 23.3 Å². The number of carbonyl (C=O) groups excluding carboxylic acids is 1. The lowest BCUT2D eigenvalue weighted by Crippen LogP contribution is -2.11. The Hall–Kier alpha value is -2.12. The van der Waals surface area contributed by atoms with Gasteiger partial charge in [-0.3, -0.25) is 15.1 Å². The molecule has 0 aromatic carbocycles. The van der Waals surface area contributed by atoms with Crippen molar-refractivity contribution in [2.75, 3.05) is 5.32 Å². The van der Waals surface area contributed by atoms with E-state index in [1.165, 1.54) is 22.7 Å². The minimum absolute atomic E-state index is 0.242. The van der Waals surface area contributed by atoms with E-state index in [9.17, 15) is 4.79 Å². The van der Waals surface area contributed by atoms with Crippen molar-refractivity contribution < 1.29 is 4.79 Å². The van der Waals surface area contributed by atoms with Crippen molar-refractivity contribution >= 4 is 33.7 Å². The summed E-state index contributed by atoms with van der Waals surface area (Å²) in [6.45, 7) is 0. The normalized spacial score (nSPS) is 10.3. The molecule has 1 N–H and O–H groups in total. The molecule has 5 nitrogen and oxygen atoms in total. The van der Waals surface area contributed by atoms with Crippen LogP contribution in [0.1, 0.15) is 10.5 Å². The van der Waals surface area contributed by atoms with Gasteiger partial charge < -0.3 is 0 Å². The fraction of sp³-hybridized carbons (Fsp3) is 0. The van der Waals surface area contributed by atoms with E-state index in [0.29, 0.717) is 10.8 Å². The molecule has 0 saturated heterocycles. The number of nitrogens with one attached hydrogen (secondary N) is 1. The standard InChI is InChI=1S/C12H8N4OS2/c17-11(10-5-18-7-14-10)16-12-15-9(6-19-12)8-2-1-3-13-4-8/h1-7H,(H,15,16,17). The number of carbonyl (C=O) groups is 1. The molecule has 0 aliphatic rings. The van der Waals surface area contributed by atoms with Crippen LogP contribution in [-0.4, -0.2) is 20.9 Å². The first-order valence-electron chi connectivity index (χ1n) is 5.38. The third kappa shape index (κ3) is 2.67. The molecule has 0 saturated carbocycles. The van der Waals surface area contributed by atoms with Gasteiger partial charge in [-0.2, -0.15) is 0 Å². The van der Waals surface area contributed by atoms with Gasteiger partial charge in [0.05, 0.1) is 11.2 Å². The van der Waals surface area contributed by atoms with E-state index in [0.717, 1.165) is 11.3 Å². The van der Waals surface area contributed by atoms with Gasteiger partial charge in [0.1, 0.15) is 5.69 Å². The lowest BCUT2D eigenvalue weighted by molar-refractivity contribution is 0.102. The predicted molar refractivity (Wildman–Crippen MR) is 75.4 cm³/mol. The molecule has 0 atom stereocenters. The highest BCUT2D eigenvalue weighted by Gasteiger charge is 2.11. The molecular formula is C12H8N4OS2. The smallest absolute Gasteiger partial charge is 0.276 e. The van der Waals surface area contributed by atoms with E-state index >= 15 is 0 Å². The van der Waals surface area contributed by atoms with Crippen molar-refractivity contribution in [3.05, 3.63) is 46.5 Å². The third-order valence-electron chi connectivity index (χ3n) is 2.35. The number of hydrogen-bond acceptors (Lipinski definition) is 6. The zero-order valence-corrected chi connectivity index (χ0v) is 11.2. The molecule has 3 aromatic heterocycles. The lowest BCUT2D eigenvalue weighted by Gasteiger charge is -1.97. The number of rotatable bonds is 3. The Bertz CT molecular complexity index is 679. The molecule has 0 fully saturated rings. The Labute approximate surface area is 117 Å². The van der Waals surface area contributed by atoms with Crippen LogP contribution in [0.2, 0.25) is 0 Å². The maximum atomic E-state index is 11.8. The van der Waals surface area contributed by atoms with Gasteiger partial charge in [0.15, 0.2) is 5.13 Å². The molecule has 0 aliphatic heterocycles.